The van der Waals surface area contributed by atoms with Crippen LogP contribution in [0.2, 0.25) is 0 Å². The van der Waals surface area contributed by atoms with E-state index in [2.05, 4.69) is 5.32 Å². The van der Waals surface area contributed by atoms with Gasteiger partial charge in [-0.05, 0) is 31.4 Å². The number of halogens is 3. The first-order valence-electron chi connectivity index (χ1n) is 7.46. The van der Waals surface area contributed by atoms with Gasteiger partial charge in [0.1, 0.15) is 6.10 Å². The molecule has 2 rings (SSSR count). The highest BCUT2D eigenvalue weighted by Crippen LogP contribution is 2.37. The maximum atomic E-state index is 13.0. The summed E-state index contributed by atoms with van der Waals surface area (Å²) in [4.78, 5) is 11.6. The summed E-state index contributed by atoms with van der Waals surface area (Å²) in [6.07, 6.45) is -4.55. The van der Waals surface area contributed by atoms with Crippen molar-refractivity contribution in [2.75, 3.05) is 19.8 Å². The van der Waals surface area contributed by atoms with Crippen LogP contribution in [0.1, 0.15) is 30.9 Å². The quantitative estimate of drug-likeness (QED) is 0.890. The molecule has 1 heterocycles. The van der Waals surface area contributed by atoms with Gasteiger partial charge in [-0.1, -0.05) is 18.2 Å². The molecule has 7 heteroatoms. The third-order valence-electron chi connectivity index (χ3n) is 4.23. The zero-order valence-corrected chi connectivity index (χ0v) is 12.8. The van der Waals surface area contributed by atoms with E-state index in [1.165, 1.54) is 13.0 Å². The average Bonchev–Trinajstić information content (AvgIpc) is 2.52. The van der Waals surface area contributed by atoms with E-state index >= 15 is 0 Å². The summed E-state index contributed by atoms with van der Waals surface area (Å²) < 4.78 is 44.2. The van der Waals surface area contributed by atoms with Crippen LogP contribution in [-0.4, -0.2) is 36.9 Å². The van der Waals surface area contributed by atoms with Gasteiger partial charge in [0, 0.05) is 25.2 Å². The van der Waals surface area contributed by atoms with Crippen LogP contribution in [0.3, 0.4) is 0 Å². The Morgan fingerprint density at radius 1 is 1.39 bits per heavy atom. The van der Waals surface area contributed by atoms with Crippen molar-refractivity contribution in [1.29, 1.82) is 0 Å². The van der Waals surface area contributed by atoms with E-state index in [0.717, 1.165) is 12.1 Å². The van der Waals surface area contributed by atoms with Crippen LogP contribution in [0.5, 0.6) is 0 Å². The molecule has 4 nitrogen and oxygen atoms in total. The first-order valence-corrected chi connectivity index (χ1v) is 7.46. The van der Waals surface area contributed by atoms with Gasteiger partial charge >= 0.3 is 6.18 Å². The predicted octanol–water partition coefficient (Wildman–Crippen LogP) is 2.25. The van der Waals surface area contributed by atoms with E-state index in [1.54, 1.807) is 6.07 Å². The Labute approximate surface area is 132 Å². The molecule has 0 aromatic heterocycles. The fourth-order valence-corrected chi connectivity index (χ4v) is 2.76. The Hall–Kier alpha value is -1.60. The molecule has 0 aliphatic carbocycles. The highest BCUT2D eigenvalue weighted by Gasteiger charge is 2.37. The van der Waals surface area contributed by atoms with Gasteiger partial charge in [-0.25, -0.2) is 0 Å². The molecule has 0 spiro atoms. The van der Waals surface area contributed by atoms with Crippen molar-refractivity contribution < 1.29 is 27.8 Å². The van der Waals surface area contributed by atoms with E-state index in [1.807, 2.05) is 0 Å². The lowest BCUT2D eigenvalue weighted by Gasteiger charge is -2.38. The minimum atomic E-state index is -4.41. The van der Waals surface area contributed by atoms with E-state index < -0.39 is 29.2 Å². The van der Waals surface area contributed by atoms with E-state index in [0.29, 0.717) is 31.6 Å². The normalized spacial score (nSPS) is 19.2. The minimum Gasteiger partial charge on any atom is -0.384 e. The third kappa shape index (κ3) is 4.23. The maximum absolute atomic E-state index is 13.0. The highest BCUT2D eigenvalue weighted by molar-refractivity contribution is 5.80. The van der Waals surface area contributed by atoms with Gasteiger partial charge in [0.25, 0.3) is 0 Å². The number of carbonyl (C=O) groups is 1. The molecule has 0 radical (unpaired) electrons. The van der Waals surface area contributed by atoms with Crippen LogP contribution >= 0.6 is 0 Å². The molecule has 2 N–H and O–H groups in total. The second kappa shape index (κ2) is 6.88. The summed E-state index contributed by atoms with van der Waals surface area (Å²) >= 11 is 0. The number of aliphatic hydroxyl groups is 1. The topological polar surface area (TPSA) is 58.6 Å². The smallest absolute Gasteiger partial charge is 0.384 e. The minimum absolute atomic E-state index is 0.168. The number of benzene rings is 1. The van der Waals surface area contributed by atoms with E-state index in [4.69, 9.17) is 4.74 Å². The van der Waals surface area contributed by atoms with Gasteiger partial charge in [-0.3, -0.25) is 4.79 Å². The number of hydrogen-bond acceptors (Lipinski definition) is 3. The van der Waals surface area contributed by atoms with Crippen molar-refractivity contribution in [1.82, 2.24) is 5.32 Å². The zero-order chi connectivity index (χ0) is 17.1. The van der Waals surface area contributed by atoms with Crippen molar-refractivity contribution >= 4 is 5.91 Å². The Morgan fingerprint density at radius 2 is 2.04 bits per heavy atom. The summed E-state index contributed by atoms with van der Waals surface area (Å²) in [6, 6.07) is 5.20. The molecule has 23 heavy (non-hydrogen) atoms. The fourth-order valence-electron chi connectivity index (χ4n) is 2.76. The van der Waals surface area contributed by atoms with Crippen LogP contribution in [0.4, 0.5) is 13.2 Å². The van der Waals surface area contributed by atoms with Crippen LogP contribution < -0.4 is 5.32 Å². The van der Waals surface area contributed by atoms with Crippen molar-refractivity contribution in [2.24, 2.45) is 0 Å². The number of carbonyl (C=O) groups excluding carboxylic acids is 1. The number of rotatable bonds is 4. The van der Waals surface area contributed by atoms with Crippen LogP contribution in [0, 0.1) is 0 Å². The summed E-state index contributed by atoms with van der Waals surface area (Å²) in [7, 11) is 0. The molecule has 1 aromatic rings. The van der Waals surface area contributed by atoms with E-state index in [-0.39, 0.29) is 6.54 Å². The maximum Gasteiger partial charge on any atom is 0.416 e. The zero-order valence-electron chi connectivity index (χ0n) is 12.8. The van der Waals surface area contributed by atoms with Crippen molar-refractivity contribution in [3.8, 4) is 0 Å². The molecule has 0 saturated carbocycles. The van der Waals surface area contributed by atoms with Crippen molar-refractivity contribution in [2.45, 2.75) is 37.5 Å². The van der Waals surface area contributed by atoms with Gasteiger partial charge in [0.15, 0.2) is 0 Å². The number of alkyl halides is 3. The lowest BCUT2D eigenvalue weighted by Crippen LogP contribution is -2.46. The first-order chi connectivity index (χ1) is 10.7. The van der Waals surface area contributed by atoms with Gasteiger partial charge in [-0.15, -0.1) is 0 Å². The Kier molecular flexibility index (Phi) is 5.31. The molecule has 1 saturated heterocycles. The lowest BCUT2D eigenvalue weighted by atomic mass is 9.73. The van der Waals surface area contributed by atoms with Gasteiger partial charge < -0.3 is 15.2 Å². The largest absolute Gasteiger partial charge is 0.416 e. The van der Waals surface area contributed by atoms with Crippen LogP contribution in [-0.2, 0) is 21.1 Å². The number of aliphatic hydroxyl groups excluding tert-OH is 1. The molecular formula is C16H20F3NO3. The average molecular weight is 331 g/mol. The monoisotopic (exact) mass is 331 g/mol. The van der Waals surface area contributed by atoms with Crippen molar-refractivity contribution in [3.05, 3.63) is 35.4 Å². The summed E-state index contributed by atoms with van der Waals surface area (Å²) in [6.45, 7) is 2.35. The molecule has 128 valence electrons. The van der Waals surface area contributed by atoms with Crippen LogP contribution in [0.15, 0.2) is 24.3 Å². The third-order valence-corrected chi connectivity index (χ3v) is 4.23. The Morgan fingerprint density at radius 3 is 2.61 bits per heavy atom. The van der Waals surface area contributed by atoms with Crippen LogP contribution in [0.25, 0.3) is 0 Å². The molecule has 1 aliphatic heterocycles. The standard InChI is InChI=1S/C16H20F3NO3/c1-11(21)14(22)20-10-15(5-7-23-8-6-15)12-3-2-4-13(9-12)16(17,18)19/h2-4,9,11,21H,5-8,10H2,1H3,(H,20,22). The fraction of sp³-hybridized carbons (Fsp3) is 0.562. The number of amides is 1. The molecule has 1 aromatic carbocycles. The summed E-state index contributed by atoms with van der Waals surface area (Å²) in [5.41, 5.74) is -0.798. The lowest BCUT2D eigenvalue weighted by molar-refractivity contribution is -0.137. The molecule has 1 amide bonds. The van der Waals surface area contributed by atoms with E-state index in [9.17, 15) is 23.1 Å². The van der Waals surface area contributed by atoms with Gasteiger partial charge in [-0.2, -0.15) is 13.2 Å². The SMILES string of the molecule is CC(O)C(=O)NCC1(c2cccc(C(F)(F)F)c2)CCOCC1. The number of hydrogen-bond donors (Lipinski definition) is 2. The molecule has 1 aliphatic rings. The molecule has 1 fully saturated rings. The Bertz CT molecular complexity index is 552. The predicted molar refractivity (Wildman–Crippen MR) is 77.9 cm³/mol. The second-order valence-corrected chi connectivity index (χ2v) is 5.87. The molecule has 1 unspecified atom stereocenters. The summed E-state index contributed by atoms with van der Waals surface area (Å²) in [5, 5.41) is 11.9. The number of nitrogens with one attached hydrogen (secondary N) is 1. The van der Waals surface area contributed by atoms with Gasteiger partial charge in [0.2, 0.25) is 5.91 Å². The number of ether oxygens (including phenoxy) is 1. The van der Waals surface area contributed by atoms with Crippen molar-refractivity contribution in [3.63, 3.8) is 0 Å². The Balaban J connectivity index is 2.29. The second-order valence-electron chi connectivity index (χ2n) is 5.87. The van der Waals surface area contributed by atoms with Gasteiger partial charge in [0.05, 0.1) is 5.56 Å². The summed E-state index contributed by atoms with van der Waals surface area (Å²) in [5.74, 6) is -0.539. The first kappa shape index (κ1) is 17.7. The molecular weight excluding hydrogens is 311 g/mol. The highest BCUT2D eigenvalue weighted by atomic mass is 19.4. The molecule has 1 atom stereocenters. The molecule has 0 bridgehead atoms.